The van der Waals surface area contributed by atoms with Gasteiger partial charge in [0.25, 0.3) is 5.91 Å². The van der Waals surface area contributed by atoms with Crippen molar-refractivity contribution in [1.82, 2.24) is 9.88 Å². The number of methoxy groups -OCH3 is 1. The van der Waals surface area contributed by atoms with Gasteiger partial charge in [-0.1, -0.05) is 23.7 Å². The zero-order valence-electron chi connectivity index (χ0n) is 15.8. The molecule has 0 bridgehead atoms. The first-order valence-electron chi connectivity index (χ1n) is 9.19. The van der Waals surface area contributed by atoms with E-state index in [4.69, 9.17) is 16.3 Å². The van der Waals surface area contributed by atoms with Gasteiger partial charge < -0.3 is 14.6 Å². The highest BCUT2D eigenvalue weighted by atomic mass is 35.5. The molecule has 1 heterocycles. The van der Waals surface area contributed by atoms with Crippen molar-refractivity contribution < 1.29 is 9.53 Å². The van der Waals surface area contributed by atoms with Crippen LogP contribution in [0.5, 0.6) is 5.75 Å². The number of hydrogen-bond donors (Lipinski definition) is 1. The van der Waals surface area contributed by atoms with Crippen LogP contribution in [-0.4, -0.2) is 17.6 Å². The van der Waals surface area contributed by atoms with E-state index in [1.165, 1.54) is 0 Å². The van der Waals surface area contributed by atoms with Gasteiger partial charge in [-0.3, -0.25) is 4.79 Å². The van der Waals surface area contributed by atoms with Crippen molar-refractivity contribution in [1.29, 1.82) is 0 Å². The number of carbonyl (C=O) groups excluding carboxylic acids is 1. The van der Waals surface area contributed by atoms with Gasteiger partial charge in [0.05, 0.1) is 13.2 Å². The number of aromatic nitrogens is 1. The fraction of sp³-hybridized carbons (Fsp3) is 0.318. The number of amides is 1. The molecule has 1 atom stereocenters. The highest BCUT2D eigenvalue weighted by Gasteiger charge is 2.34. The minimum Gasteiger partial charge on any atom is -0.497 e. The van der Waals surface area contributed by atoms with Crippen LogP contribution >= 0.6 is 11.6 Å². The van der Waals surface area contributed by atoms with Gasteiger partial charge in [0, 0.05) is 23.0 Å². The maximum absolute atomic E-state index is 13.2. The van der Waals surface area contributed by atoms with E-state index in [-0.39, 0.29) is 11.9 Å². The molecule has 140 valence electrons. The Morgan fingerprint density at radius 2 is 1.93 bits per heavy atom. The van der Waals surface area contributed by atoms with E-state index in [1.807, 2.05) is 61.0 Å². The molecule has 3 aromatic rings. The highest BCUT2D eigenvalue weighted by Crippen LogP contribution is 2.41. The second-order valence-corrected chi connectivity index (χ2v) is 7.69. The van der Waals surface area contributed by atoms with E-state index >= 15 is 0 Å². The molecule has 5 heteroatoms. The summed E-state index contributed by atoms with van der Waals surface area (Å²) in [6, 6.07) is 13.7. The molecule has 1 amide bonds. The Bertz CT molecular complexity index is 1000. The van der Waals surface area contributed by atoms with Crippen molar-refractivity contribution in [2.75, 3.05) is 7.11 Å². The minimum atomic E-state index is -0.0463. The quantitative estimate of drug-likeness (QED) is 0.672. The van der Waals surface area contributed by atoms with E-state index in [0.29, 0.717) is 16.6 Å². The summed E-state index contributed by atoms with van der Waals surface area (Å²) in [6.07, 6.45) is 2.28. The molecule has 0 saturated heterocycles. The number of rotatable bonds is 5. The fourth-order valence-corrected chi connectivity index (χ4v) is 4.02. The van der Waals surface area contributed by atoms with Crippen LogP contribution in [0.15, 0.2) is 42.5 Å². The molecule has 0 spiro atoms. The molecule has 4 nitrogen and oxygen atoms in total. The number of benzene rings is 2. The van der Waals surface area contributed by atoms with Crippen molar-refractivity contribution in [2.45, 2.75) is 25.8 Å². The molecule has 0 aliphatic heterocycles. The third-order valence-corrected chi connectivity index (χ3v) is 5.72. The number of nitrogens with one attached hydrogen (secondary N) is 1. The molecular weight excluding hydrogens is 360 g/mol. The van der Waals surface area contributed by atoms with Crippen molar-refractivity contribution in [3.8, 4) is 5.75 Å². The SMILES string of the molecule is COc1ccc(C(NC(=O)c2c(C)c3cc(Cl)ccc3n2C)C2CC2)cc1. The number of ether oxygens (including phenoxy) is 1. The summed E-state index contributed by atoms with van der Waals surface area (Å²) in [5.74, 6) is 1.27. The third kappa shape index (κ3) is 3.30. The lowest BCUT2D eigenvalue weighted by atomic mass is 10.0. The molecule has 1 saturated carbocycles. The smallest absolute Gasteiger partial charge is 0.268 e. The standard InChI is InChI=1S/C22H23ClN2O2/c1-13-18-12-16(23)8-11-19(18)25(2)21(13)22(26)24-20(14-4-5-14)15-6-9-17(27-3)10-7-15/h6-12,14,20H,4-5H2,1-3H3,(H,24,26). The number of nitrogens with zero attached hydrogens (tertiary/aromatic N) is 1. The summed E-state index contributed by atoms with van der Waals surface area (Å²) in [5.41, 5.74) is 3.77. The fourth-order valence-electron chi connectivity index (χ4n) is 3.85. The summed E-state index contributed by atoms with van der Waals surface area (Å²) in [5, 5.41) is 4.97. The highest BCUT2D eigenvalue weighted by molar-refractivity contribution is 6.31. The molecule has 1 aromatic heterocycles. The number of fused-ring (bicyclic) bond motifs is 1. The summed E-state index contributed by atoms with van der Waals surface area (Å²) >= 11 is 6.15. The largest absolute Gasteiger partial charge is 0.497 e. The summed E-state index contributed by atoms with van der Waals surface area (Å²) in [6.45, 7) is 1.98. The van der Waals surface area contributed by atoms with Crippen LogP contribution < -0.4 is 10.1 Å². The first-order chi connectivity index (χ1) is 13.0. The second kappa shape index (κ2) is 6.93. The van der Waals surface area contributed by atoms with Crippen LogP contribution in [-0.2, 0) is 7.05 Å². The molecule has 1 aliphatic carbocycles. The lowest BCUT2D eigenvalue weighted by Crippen LogP contribution is -2.31. The Balaban J connectivity index is 1.66. The van der Waals surface area contributed by atoms with Crippen LogP contribution in [0.4, 0.5) is 0 Å². The number of halogens is 1. The van der Waals surface area contributed by atoms with Crippen molar-refractivity contribution >= 4 is 28.4 Å². The van der Waals surface area contributed by atoms with E-state index in [1.54, 1.807) is 7.11 Å². The third-order valence-electron chi connectivity index (χ3n) is 5.48. The zero-order valence-corrected chi connectivity index (χ0v) is 16.5. The minimum absolute atomic E-state index is 0.0180. The summed E-state index contributed by atoms with van der Waals surface area (Å²) < 4.78 is 7.20. The van der Waals surface area contributed by atoms with E-state index in [9.17, 15) is 4.79 Å². The van der Waals surface area contributed by atoms with Gasteiger partial charge >= 0.3 is 0 Å². The topological polar surface area (TPSA) is 43.3 Å². The molecule has 4 rings (SSSR count). The Hall–Kier alpha value is -2.46. The number of hydrogen-bond acceptors (Lipinski definition) is 2. The van der Waals surface area contributed by atoms with Crippen LogP contribution in [0.2, 0.25) is 5.02 Å². The van der Waals surface area contributed by atoms with E-state index in [2.05, 4.69) is 5.32 Å². The first kappa shape index (κ1) is 17.9. The van der Waals surface area contributed by atoms with Crippen LogP contribution in [0.3, 0.4) is 0 Å². The van der Waals surface area contributed by atoms with Gasteiger partial charge in [0.15, 0.2) is 0 Å². The lowest BCUT2D eigenvalue weighted by Gasteiger charge is -2.20. The van der Waals surface area contributed by atoms with Gasteiger partial charge in [0.1, 0.15) is 11.4 Å². The zero-order chi connectivity index (χ0) is 19.1. The van der Waals surface area contributed by atoms with Gasteiger partial charge in [0.2, 0.25) is 0 Å². The van der Waals surface area contributed by atoms with Gasteiger partial charge in [-0.25, -0.2) is 0 Å². The molecule has 27 heavy (non-hydrogen) atoms. The Labute approximate surface area is 164 Å². The number of carbonyl (C=O) groups is 1. The number of aryl methyl sites for hydroxylation is 2. The Kier molecular flexibility index (Phi) is 4.60. The summed E-state index contributed by atoms with van der Waals surface area (Å²) in [4.78, 5) is 13.2. The van der Waals surface area contributed by atoms with Gasteiger partial charge in [-0.2, -0.15) is 0 Å². The van der Waals surface area contributed by atoms with Crippen LogP contribution in [0.1, 0.15) is 40.5 Å². The first-order valence-corrected chi connectivity index (χ1v) is 9.56. The van der Waals surface area contributed by atoms with Gasteiger partial charge in [-0.15, -0.1) is 0 Å². The van der Waals surface area contributed by atoms with E-state index < -0.39 is 0 Å². The molecule has 1 unspecified atom stereocenters. The second-order valence-electron chi connectivity index (χ2n) is 7.26. The predicted octanol–water partition coefficient (Wildman–Crippen LogP) is 5.03. The molecule has 1 aliphatic rings. The average Bonchev–Trinajstić information content (AvgIpc) is 3.47. The van der Waals surface area contributed by atoms with E-state index in [0.717, 1.165) is 40.6 Å². The average molecular weight is 383 g/mol. The normalized spacial score (nSPS) is 15.0. The van der Waals surface area contributed by atoms with Gasteiger partial charge in [-0.05, 0) is 67.1 Å². The monoisotopic (exact) mass is 382 g/mol. The van der Waals surface area contributed by atoms with Crippen LogP contribution in [0, 0.1) is 12.8 Å². The van der Waals surface area contributed by atoms with Crippen molar-refractivity contribution in [2.24, 2.45) is 13.0 Å². The van der Waals surface area contributed by atoms with Crippen molar-refractivity contribution in [3.63, 3.8) is 0 Å². The Morgan fingerprint density at radius 1 is 1.22 bits per heavy atom. The van der Waals surface area contributed by atoms with Crippen molar-refractivity contribution in [3.05, 3.63) is 64.3 Å². The Morgan fingerprint density at radius 3 is 2.56 bits per heavy atom. The molecule has 2 aromatic carbocycles. The predicted molar refractivity (Wildman–Crippen MR) is 109 cm³/mol. The molecule has 1 fully saturated rings. The molecule has 0 radical (unpaired) electrons. The lowest BCUT2D eigenvalue weighted by molar-refractivity contribution is 0.0923. The van der Waals surface area contributed by atoms with Crippen LogP contribution in [0.25, 0.3) is 10.9 Å². The maximum atomic E-state index is 13.2. The molecular formula is C22H23ClN2O2. The maximum Gasteiger partial charge on any atom is 0.268 e. The molecule has 1 N–H and O–H groups in total. The summed E-state index contributed by atoms with van der Waals surface area (Å²) in [7, 11) is 3.59.